The van der Waals surface area contributed by atoms with Crippen LogP contribution in [0.4, 0.5) is 0 Å². The zero-order chi connectivity index (χ0) is 12.3. The Kier molecular flexibility index (Phi) is 3.97. The molecular weight excluding hydrogens is 278 g/mol. The first kappa shape index (κ1) is 12.3. The van der Waals surface area contributed by atoms with Crippen molar-refractivity contribution in [3.8, 4) is 11.3 Å². The number of nitrogens with one attached hydrogen (secondary N) is 2. The van der Waals surface area contributed by atoms with Gasteiger partial charge in [-0.1, -0.05) is 23.8 Å². The molecule has 0 atom stereocenters. The van der Waals surface area contributed by atoms with E-state index in [0.717, 1.165) is 34.4 Å². The number of nitrogens with zero attached hydrogens (tertiary/aromatic N) is 1. The van der Waals surface area contributed by atoms with Gasteiger partial charge in [0, 0.05) is 18.5 Å². The molecule has 0 aliphatic carbocycles. The van der Waals surface area contributed by atoms with E-state index in [1.165, 1.54) is 5.56 Å². The highest BCUT2D eigenvalue weighted by molar-refractivity contribution is 9.10. The molecule has 0 fully saturated rings. The van der Waals surface area contributed by atoms with Crippen molar-refractivity contribution in [1.82, 2.24) is 15.5 Å². The van der Waals surface area contributed by atoms with E-state index in [0.29, 0.717) is 0 Å². The van der Waals surface area contributed by atoms with E-state index in [1.54, 1.807) is 0 Å². The fraction of sp³-hybridized carbons (Fsp3) is 0.308. The van der Waals surface area contributed by atoms with Crippen LogP contribution in [0, 0.1) is 6.92 Å². The van der Waals surface area contributed by atoms with Crippen LogP contribution in [0.25, 0.3) is 11.3 Å². The van der Waals surface area contributed by atoms with Crippen LogP contribution in [0.1, 0.15) is 11.3 Å². The van der Waals surface area contributed by atoms with Gasteiger partial charge in [0.15, 0.2) is 0 Å². The van der Waals surface area contributed by atoms with E-state index in [2.05, 4.69) is 62.6 Å². The zero-order valence-corrected chi connectivity index (χ0v) is 11.6. The molecule has 17 heavy (non-hydrogen) atoms. The minimum Gasteiger partial charge on any atom is -0.319 e. The summed E-state index contributed by atoms with van der Waals surface area (Å²) in [6, 6.07) is 8.36. The molecule has 4 heteroatoms. The third-order valence-corrected chi connectivity index (χ3v) is 3.55. The Balaban J connectivity index is 2.30. The lowest BCUT2D eigenvalue weighted by Gasteiger charge is -2.00. The van der Waals surface area contributed by atoms with Crippen molar-refractivity contribution in [2.75, 3.05) is 13.6 Å². The maximum atomic E-state index is 4.38. The lowest BCUT2D eigenvalue weighted by atomic mass is 10.1. The maximum absolute atomic E-state index is 4.38. The molecule has 0 saturated heterocycles. The van der Waals surface area contributed by atoms with Gasteiger partial charge in [-0.25, -0.2) is 0 Å². The summed E-state index contributed by atoms with van der Waals surface area (Å²) in [5.41, 5.74) is 4.51. The Hall–Kier alpha value is -1.13. The Morgan fingerprint density at radius 3 is 2.94 bits per heavy atom. The second kappa shape index (κ2) is 5.47. The fourth-order valence-corrected chi connectivity index (χ4v) is 2.37. The average molecular weight is 294 g/mol. The molecule has 0 spiro atoms. The van der Waals surface area contributed by atoms with E-state index >= 15 is 0 Å². The van der Waals surface area contributed by atoms with Crippen molar-refractivity contribution in [2.24, 2.45) is 0 Å². The van der Waals surface area contributed by atoms with Crippen LogP contribution < -0.4 is 5.32 Å². The smallest absolute Gasteiger partial charge is 0.107 e. The minimum absolute atomic E-state index is 0.939. The first-order valence-electron chi connectivity index (χ1n) is 5.66. The highest BCUT2D eigenvalue weighted by Gasteiger charge is 2.11. The number of aromatic nitrogens is 2. The van der Waals surface area contributed by atoms with Gasteiger partial charge in [-0.2, -0.15) is 5.10 Å². The lowest BCUT2D eigenvalue weighted by Crippen LogP contribution is -2.10. The summed E-state index contributed by atoms with van der Waals surface area (Å²) in [6.07, 6.45) is 0.940. The number of hydrogen-bond donors (Lipinski definition) is 2. The first-order chi connectivity index (χ1) is 8.22. The number of halogens is 1. The predicted molar refractivity (Wildman–Crippen MR) is 74.1 cm³/mol. The molecule has 2 aromatic rings. The summed E-state index contributed by atoms with van der Waals surface area (Å²) in [7, 11) is 1.95. The van der Waals surface area contributed by atoms with Gasteiger partial charge in [0.1, 0.15) is 5.69 Å². The predicted octanol–water partition coefficient (Wildman–Crippen LogP) is 2.91. The van der Waals surface area contributed by atoms with Crippen LogP contribution in [-0.4, -0.2) is 23.8 Å². The van der Waals surface area contributed by atoms with Crippen molar-refractivity contribution in [2.45, 2.75) is 13.3 Å². The largest absolute Gasteiger partial charge is 0.319 e. The molecule has 0 bridgehead atoms. The third kappa shape index (κ3) is 2.76. The van der Waals surface area contributed by atoms with Gasteiger partial charge >= 0.3 is 0 Å². The molecular formula is C13H16BrN3. The van der Waals surface area contributed by atoms with Crippen molar-refractivity contribution in [1.29, 1.82) is 0 Å². The number of aryl methyl sites for hydroxylation is 1. The molecule has 2 N–H and O–H groups in total. The Bertz CT molecular complexity index is 505. The maximum Gasteiger partial charge on any atom is 0.107 e. The summed E-state index contributed by atoms with van der Waals surface area (Å²) in [4.78, 5) is 0. The molecule has 0 unspecified atom stereocenters. The summed E-state index contributed by atoms with van der Waals surface area (Å²) in [6.45, 7) is 3.03. The monoisotopic (exact) mass is 293 g/mol. The van der Waals surface area contributed by atoms with Gasteiger partial charge in [-0.3, -0.25) is 5.10 Å². The molecule has 2 rings (SSSR count). The second-order valence-corrected chi connectivity index (χ2v) is 4.88. The van der Waals surface area contributed by atoms with Gasteiger partial charge in [-0.05, 0) is 36.0 Å². The van der Waals surface area contributed by atoms with Crippen molar-refractivity contribution >= 4 is 15.9 Å². The number of rotatable bonds is 4. The number of likely N-dealkylation sites (N-methyl/N-ethyl adjacent to an activating group) is 1. The highest BCUT2D eigenvalue weighted by Crippen LogP contribution is 2.29. The molecule has 0 saturated carbocycles. The van der Waals surface area contributed by atoms with Gasteiger partial charge in [0.25, 0.3) is 0 Å². The van der Waals surface area contributed by atoms with Crippen LogP contribution in [0.5, 0.6) is 0 Å². The minimum atomic E-state index is 0.939. The van der Waals surface area contributed by atoms with Gasteiger partial charge in [-0.15, -0.1) is 0 Å². The number of aromatic amines is 1. The third-order valence-electron chi connectivity index (χ3n) is 2.69. The van der Waals surface area contributed by atoms with Crippen LogP contribution in [0.2, 0.25) is 0 Å². The molecule has 0 amide bonds. The molecule has 3 nitrogen and oxygen atoms in total. The molecule has 1 heterocycles. The molecule has 0 radical (unpaired) electrons. The highest BCUT2D eigenvalue weighted by atomic mass is 79.9. The SMILES string of the molecule is CNCCc1[nH]nc(-c2cccc(C)c2)c1Br. The van der Waals surface area contributed by atoms with Gasteiger partial charge in [0.2, 0.25) is 0 Å². The van der Waals surface area contributed by atoms with Gasteiger partial charge < -0.3 is 5.32 Å². The number of hydrogen-bond acceptors (Lipinski definition) is 2. The first-order valence-corrected chi connectivity index (χ1v) is 6.46. The molecule has 1 aromatic carbocycles. The number of benzene rings is 1. The summed E-state index contributed by atoms with van der Waals surface area (Å²) in [5.74, 6) is 0. The second-order valence-electron chi connectivity index (χ2n) is 4.09. The summed E-state index contributed by atoms with van der Waals surface area (Å²) < 4.78 is 1.07. The van der Waals surface area contributed by atoms with Crippen LogP contribution in [0.3, 0.4) is 0 Å². The van der Waals surface area contributed by atoms with E-state index in [4.69, 9.17) is 0 Å². The molecule has 0 aliphatic rings. The Morgan fingerprint density at radius 2 is 2.24 bits per heavy atom. The normalized spacial score (nSPS) is 10.8. The van der Waals surface area contributed by atoms with E-state index in [9.17, 15) is 0 Å². The van der Waals surface area contributed by atoms with Crippen molar-refractivity contribution < 1.29 is 0 Å². The topological polar surface area (TPSA) is 40.7 Å². The van der Waals surface area contributed by atoms with Crippen LogP contribution in [0.15, 0.2) is 28.7 Å². The molecule has 0 aliphatic heterocycles. The lowest BCUT2D eigenvalue weighted by molar-refractivity contribution is 0.770. The van der Waals surface area contributed by atoms with Crippen molar-refractivity contribution in [3.63, 3.8) is 0 Å². The molecule has 90 valence electrons. The van der Waals surface area contributed by atoms with E-state index < -0.39 is 0 Å². The summed E-state index contributed by atoms with van der Waals surface area (Å²) >= 11 is 3.62. The molecule has 1 aromatic heterocycles. The fourth-order valence-electron chi connectivity index (χ4n) is 1.76. The van der Waals surface area contributed by atoms with Crippen molar-refractivity contribution in [3.05, 3.63) is 40.0 Å². The number of H-pyrrole nitrogens is 1. The Morgan fingerprint density at radius 1 is 1.41 bits per heavy atom. The standard InChI is InChI=1S/C13H16BrN3/c1-9-4-3-5-10(8-9)13-12(14)11(16-17-13)6-7-15-2/h3-5,8,15H,6-7H2,1-2H3,(H,16,17). The average Bonchev–Trinajstić information content (AvgIpc) is 2.68. The summed E-state index contributed by atoms with van der Waals surface area (Å²) in [5, 5.41) is 10.6. The van der Waals surface area contributed by atoms with Gasteiger partial charge in [0.05, 0.1) is 10.2 Å². The van der Waals surface area contributed by atoms with E-state index in [-0.39, 0.29) is 0 Å². The van der Waals surface area contributed by atoms with Crippen LogP contribution >= 0.6 is 15.9 Å². The van der Waals surface area contributed by atoms with E-state index in [1.807, 2.05) is 7.05 Å². The van der Waals surface area contributed by atoms with Crippen LogP contribution in [-0.2, 0) is 6.42 Å². The quantitative estimate of drug-likeness (QED) is 0.910. The Labute approximate surface area is 110 Å². The zero-order valence-electron chi connectivity index (χ0n) is 10.0.